The van der Waals surface area contributed by atoms with E-state index in [9.17, 15) is 4.79 Å². The highest BCUT2D eigenvalue weighted by atomic mass is 35.5. The smallest absolute Gasteiger partial charge is 0.271 e. The molecule has 0 aliphatic heterocycles. The molecule has 2 aromatic carbocycles. The SMILES string of the molecule is O=C(N/N=C/c1ccc(O)cc1)c1ccc(Cl)c(Cl)c1. The lowest BCUT2D eigenvalue weighted by Gasteiger charge is -2.01. The molecule has 0 aliphatic carbocycles. The molecule has 0 saturated heterocycles. The topological polar surface area (TPSA) is 61.7 Å². The number of halogens is 2. The fourth-order valence-corrected chi connectivity index (χ4v) is 1.73. The van der Waals surface area contributed by atoms with Crippen LogP contribution in [0.15, 0.2) is 47.6 Å². The second-order valence-electron chi connectivity index (χ2n) is 3.92. The highest BCUT2D eigenvalue weighted by Gasteiger charge is 2.06. The monoisotopic (exact) mass is 308 g/mol. The first-order valence-electron chi connectivity index (χ1n) is 5.64. The molecule has 2 aromatic rings. The van der Waals surface area contributed by atoms with Crippen LogP contribution in [0.5, 0.6) is 5.75 Å². The number of benzene rings is 2. The zero-order chi connectivity index (χ0) is 14.5. The zero-order valence-corrected chi connectivity index (χ0v) is 11.7. The number of phenols is 1. The molecule has 0 aromatic heterocycles. The quantitative estimate of drug-likeness (QED) is 0.674. The highest BCUT2D eigenvalue weighted by Crippen LogP contribution is 2.22. The van der Waals surface area contributed by atoms with Crippen molar-refractivity contribution in [3.8, 4) is 5.75 Å². The molecule has 0 saturated carbocycles. The van der Waals surface area contributed by atoms with Gasteiger partial charge in [-0.15, -0.1) is 0 Å². The highest BCUT2D eigenvalue weighted by molar-refractivity contribution is 6.42. The molecule has 2 N–H and O–H groups in total. The van der Waals surface area contributed by atoms with Gasteiger partial charge in [0.25, 0.3) is 5.91 Å². The van der Waals surface area contributed by atoms with Crippen molar-refractivity contribution in [3.63, 3.8) is 0 Å². The van der Waals surface area contributed by atoms with Crippen LogP contribution in [0.2, 0.25) is 10.0 Å². The third kappa shape index (κ3) is 3.73. The van der Waals surface area contributed by atoms with Crippen LogP contribution in [-0.4, -0.2) is 17.2 Å². The van der Waals surface area contributed by atoms with E-state index in [2.05, 4.69) is 10.5 Å². The van der Waals surface area contributed by atoms with Crippen molar-refractivity contribution >= 4 is 35.3 Å². The van der Waals surface area contributed by atoms with Crippen molar-refractivity contribution in [1.82, 2.24) is 5.43 Å². The molecule has 0 heterocycles. The lowest BCUT2D eigenvalue weighted by Crippen LogP contribution is -2.17. The normalized spacial score (nSPS) is 10.7. The van der Waals surface area contributed by atoms with Gasteiger partial charge < -0.3 is 5.11 Å². The van der Waals surface area contributed by atoms with E-state index in [1.165, 1.54) is 24.4 Å². The average molecular weight is 309 g/mol. The maximum absolute atomic E-state index is 11.8. The molecular formula is C14H10Cl2N2O2. The van der Waals surface area contributed by atoms with E-state index in [0.717, 1.165) is 5.56 Å². The van der Waals surface area contributed by atoms with Crippen molar-refractivity contribution in [1.29, 1.82) is 0 Å². The Bertz CT molecular complexity index is 655. The fourth-order valence-electron chi connectivity index (χ4n) is 1.43. The Hall–Kier alpha value is -2.04. The second kappa shape index (κ2) is 6.41. The Kier molecular flexibility index (Phi) is 4.61. The Balaban J connectivity index is 2.01. The standard InChI is InChI=1S/C14H10Cl2N2O2/c15-12-6-3-10(7-13(12)16)14(20)18-17-8-9-1-4-11(19)5-2-9/h1-8,19H,(H,18,20)/b17-8+. The van der Waals surface area contributed by atoms with Crippen LogP contribution in [0.25, 0.3) is 0 Å². The molecule has 4 nitrogen and oxygen atoms in total. The van der Waals surface area contributed by atoms with Crippen LogP contribution >= 0.6 is 23.2 Å². The number of nitrogens with one attached hydrogen (secondary N) is 1. The number of hydrogen-bond acceptors (Lipinski definition) is 3. The van der Waals surface area contributed by atoms with Crippen LogP contribution in [0, 0.1) is 0 Å². The average Bonchev–Trinajstić information content (AvgIpc) is 2.44. The maximum Gasteiger partial charge on any atom is 0.271 e. The molecular weight excluding hydrogens is 299 g/mol. The maximum atomic E-state index is 11.8. The van der Waals surface area contributed by atoms with Crippen LogP contribution in [0.1, 0.15) is 15.9 Å². The minimum atomic E-state index is -0.390. The number of aromatic hydroxyl groups is 1. The predicted octanol–water partition coefficient (Wildman–Crippen LogP) is 3.46. The molecule has 0 spiro atoms. The molecule has 0 bridgehead atoms. The summed E-state index contributed by atoms with van der Waals surface area (Å²) in [6, 6.07) is 11.0. The van der Waals surface area contributed by atoms with E-state index in [1.54, 1.807) is 24.3 Å². The minimum absolute atomic E-state index is 0.169. The summed E-state index contributed by atoms with van der Waals surface area (Å²) in [6.45, 7) is 0. The van der Waals surface area contributed by atoms with E-state index in [1.807, 2.05) is 0 Å². The molecule has 0 unspecified atom stereocenters. The van der Waals surface area contributed by atoms with Gasteiger partial charge in [0.1, 0.15) is 5.75 Å². The van der Waals surface area contributed by atoms with Crippen LogP contribution in [0.3, 0.4) is 0 Å². The first kappa shape index (κ1) is 14.4. The van der Waals surface area contributed by atoms with Gasteiger partial charge in [-0.3, -0.25) is 4.79 Å². The first-order chi connectivity index (χ1) is 9.56. The molecule has 1 amide bonds. The molecule has 102 valence electrons. The summed E-state index contributed by atoms with van der Waals surface area (Å²) in [6.07, 6.45) is 1.47. The number of carbonyl (C=O) groups excluding carboxylic acids is 1. The Morgan fingerprint density at radius 2 is 1.80 bits per heavy atom. The molecule has 6 heteroatoms. The molecule has 0 fully saturated rings. The molecule has 0 atom stereocenters. The van der Waals surface area contributed by atoms with E-state index in [4.69, 9.17) is 28.3 Å². The van der Waals surface area contributed by atoms with E-state index in [0.29, 0.717) is 15.6 Å². The number of nitrogens with zero attached hydrogens (tertiary/aromatic N) is 1. The number of hydrazone groups is 1. The first-order valence-corrected chi connectivity index (χ1v) is 6.39. The third-order valence-electron chi connectivity index (χ3n) is 2.45. The van der Waals surface area contributed by atoms with Crippen molar-refractivity contribution in [2.24, 2.45) is 5.10 Å². The molecule has 2 rings (SSSR count). The van der Waals surface area contributed by atoms with E-state index < -0.39 is 5.91 Å². The fraction of sp³-hybridized carbons (Fsp3) is 0. The van der Waals surface area contributed by atoms with E-state index in [-0.39, 0.29) is 5.75 Å². The van der Waals surface area contributed by atoms with Gasteiger partial charge in [-0.1, -0.05) is 23.2 Å². The number of hydrogen-bond donors (Lipinski definition) is 2. The molecule has 20 heavy (non-hydrogen) atoms. The third-order valence-corrected chi connectivity index (χ3v) is 3.19. The summed E-state index contributed by atoms with van der Waals surface area (Å²) in [5, 5.41) is 13.6. The van der Waals surface area contributed by atoms with Gasteiger partial charge in [-0.2, -0.15) is 5.10 Å². The summed E-state index contributed by atoms with van der Waals surface area (Å²) in [7, 11) is 0. The summed E-state index contributed by atoms with van der Waals surface area (Å²) in [5.74, 6) is -0.222. The summed E-state index contributed by atoms with van der Waals surface area (Å²) < 4.78 is 0. The van der Waals surface area contributed by atoms with Gasteiger partial charge in [0.05, 0.1) is 16.3 Å². The van der Waals surface area contributed by atoms with Gasteiger partial charge in [-0.05, 0) is 48.0 Å². The number of phenolic OH excluding ortho intramolecular Hbond substituents is 1. The van der Waals surface area contributed by atoms with Gasteiger partial charge in [0, 0.05) is 5.56 Å². The van der Waals surface area contributed by atoms with Gasteiger partial charge in [0.15, 0.2) is 0 Å². The van der Waals surface area contributed by atoms with Crippen LogP contribution in [-0.2, 0) is 0 Å². The van der Waals surface area contributed by atoms with Crippen LogP contribution < -0.4 is 5.43 Å². The lowest BCUT2D eigenvalue weighted by molar-refractivity contribution is 0.0955. The van der Waals surface area contributed by atoms with Gasteiger partial charge in [-0.25, -0.2) is 5.43 Å². The zero-order valence-electron chi connectivity index (χ0n) is 10.2. The van der Waals surface area contributed by atoms with Crippen molar-refractivity contribution in [2.75, 3.05) is 0 Å². The summed E-state index contributed by atoms with van der Waals surface area (Å²) in [5.41, 5.74) is 3.49. The lowest BCUT2D eigenvalue weighted by atomic mass is 10.2. The van der Waals surface area contributed by atoms with Crippen molar-refractivity contribution in [3.05, 3.63) is 63.6 Å². The predicted molar refractivity (Wildman–Crippen MR) is 79.6 cm³/mol. The van der Waals surface area contributed by atoms with Crippen molar-refractivity contribution in [2.45, 2.75) is 0 Å². The number of carbonyl (C=O) groups is 1. The summed E-state index contributed by atoms with van der Waals surface area (Å²) >= 11 is 11.6. The van der Waals surface area contributed by atoms with Gasteiger partial charge in [0.2, 0.25) is 0 Å². The Labute approximate surface area is 125 Å². The van der Waals surface area contributed by atoms with Gasteiger partial charge >= 0.3 is 0 Å². The van der Waals surface area contributed by atoms with E-state index >= 15 is 0 Å². The number of amides is 1. The largest absolute Gasteiger partial charge is 0.508 e. The van der Waals surface area contributed by atoms with Crippen LogP contribution in [0.4, 0.5) is 0 Å². The number of rotatable bonds is 3. The minimum Gasteiger partial charge on any atom is -0.508 e. The summed E-state index contributed by atoms with van der Waals surface area (Å²) in [4.78, 5) is 11.8. The molecule has 0 aliphatic rings. The Morgan fingerprint density at radius 3 is 2.45 bits per heavy atom. The molecule has 0 radical (unpaired) electrons. The Morgan fingerprint density at radius 1 is 1.10 bits per heavy atom. The van der Waals surface area contributed by atoms with Crippen molar-refractivity contribution < 1.29 is 9.90 Å². The second-order valence-corrected chi connectivity index (χ2v) is 4.73.